The first-order valence-electron chi connectivity index (χ1n) is 7.67. The largest absolute Gasteiger partial charge is 0.416 e. The Labute approximate surface area is 137 Å². The predicted octanol–water partition coefficient (Wildman–Crippen LogP) is 2.17. The first-order chi connectivity index (χ1) is 11.2. The number of hydrogen-bond acceptors (Lipinski definition) is 2. The van der Waals surface area contributed by atoms with Gasteiger partial charge in [-0.1, -0.05) is 12.1 Å². The van der Waals surface area contributed by atoms with Gasteiger partial charge in [0.25, 0.3) is 0 Å². The summed E-state index contributed by atoms with van der Waals surface area (Å²) < 4.78 is 37.8. The maximum absolute atomic E-state index is 12.6. The molecule has 8 heteroatoms. The van der Waals surface area contributed by atoms with Crippen LogP contribution in [0.15, 0.2) is 24.3 Å². The normalized spacial score (nSPS) is 24.6. The molecule has 2 fully saturated rings. The molecule has 1 aromatic carbocycles. The number of urea groups is 1. The molecule has 130 valence electrons. The van der Waals surface area contributed by atoms with Gasteiger partial charge in [-0.25, -0.2) is 4.79 Å². The van der Waals surface area contributed by atoms with Crippen LogP contribution in [0.25, 0.3) is 0 Å². The lowest BCUT2D eigenvalue weighted by Gasteiger charge is -2.38. The number of nitrogens with zero attached hydrogens (tertiary/aromatic N) is 3. The molecule has 2 aliphatic rings. The van der Waals surface area contributed by atoms with Crippen molar-refractivity contribution in [2.24, 2.45) is 0 Å². The molecule has 5 nitrogen and oxygen atoms in total. The SMILES string of the molecule is C[C@H]1C(=O)N(C)C[C@@H]2CN(Cc3ccc(C(F)(F)F)cc3)C(=O)N21. The fraction of sp³-hybridized carbons (Fsp3) is 0.500. The number of rotatable bonds is 2. The van der Waals surface area contributed by atoms with E-state index in [0.29, 0.717) is 18.7 Å². The van der Waals surface area contributed by atoms with Gasteiger partial charge in [0, 0.05) is 26.7 Å². The highest BCUT2D eigenvalue weighted by molar-refractivity contribution is 5.89. The number of carbonyl (C=O) groups is 2. The van der Waals surface area contributed by atoms with Crippen molar-refractivity contribution in [2.75, 3.05) is 20.1 Å². The highest BCUT2D eigenvalue weighted by atomic mass is 19.4. The van der Waals surface area contributed by atoms with Crippen LogP contribution in [0.4, 0.5) is 18.0 Å². The van der Waals surface area contributed by atoms with E-state index in [1.807, 2.05) is 0 Å². The van der Waals surface area contributed by atoms with E-state index in [1.165, 1.54) is 12.1 Å². The minimum Gasteiger partial charge on any atom is -0.342 e. The number of likely N-dealkylation sites (N-methyl/N-ethyl adjacent to an activating group) is 1. The number of piperazine rings is 1. The molecule has 3 amide bonds. The molecule has 24 heavy (non-hydrogen) atoms. The lowest BCUT2D eigenvalue weighted by atomic mass is 10.1. The topological polar surface area (TPSA) is 43.9 Å². The summed E-state index contributed by atoms with van der Waals surface area (Å²) in [5.41, 5.74) is -0.0826. The number of hydrogen-bond donors (Lipinski definition) is 0. The van der Waals surface area contributed by atoms with E-state index < -0.39 is 17.8 Å². The van der Waals surface area contributed by atoms with E-state index in [9.17, 15) is 22.8 Å². The van der Waals surface area contributed by atoms with Crippen molar-refractivity contribution in [1.29, 1.82) is 0 Å². The average Bonchev–Trinajstić information content (AvgIpc) is 2.80. The molecule has 0 saturated carbocycles. The second-order valence-electron chi connectivity index (χ2n) is 6.31. The first kappa shape index (κ1) is 16.6. The Kier molecular flexibility index (Phi) is 3.93. The maximum atomic E-state index is 12.6. The Morgan fingerprint density at radius 2 is 1.75 bits per heavy atom. The van der Waals surface area contributed by atoms with Gasteiger partial charge in [-0.2, -0.15) is 13.2 Å². The van der Waals surface area contributed by atoms with Gasteiger partial charge in [0.05, 0.1) is 11.6 Å². The molecule has 2 heterocycles. The van der Waals surface area contributed by atoms with E-state index in [2.05, 4.69) is 0 Å². The van der Waals surface area contributed by atoms with Crippen LogP contribution in [0.2, 0.25) is 0 Å². The summed E-state index contributed by atoms with van der Waals surface area (Å²) in [6, 6.07) is 3.96. The molecule has 2 saturated heterocycles. The molecular formula is C16H18F3N3O2. The molecular weight excluding hydrogens is 323 g/mol. The van der Waals surface area contributed by atoms with Crippen LogP contribution in [0.3, 0.4) is 0 Å². The van der Waals surface area contributed by atoms with E-state index in [0.717, 1.165) is 12.1 Å². The lowest BCUT2D eigenvalue weighted by Crippen LogP contribution is -2.58. The third-order valence-corrected chi connectivity index (χ3v) is 4.61. The second kappa shape index (κ2) is 5.68. The van der Waals surface area contributed by atoms with Crippen LogP contribution < -0.4 is 0 Å². The van der Waals surface area contributed by atoms with E-state index in [4.69, 9.17) is 0 Å². The molecule has 0 N–H and O–H groups in total. The van der Waals surface area contributed by atoms with Crippen molar-refractivity contribution < 1.29 is 22.8 Å². The van der Waals surface area contributed by atoms with Crippen LogP contribution >= 0.6 is 0 Å². The van der Waals surface area contributed by atoms with Crippen molar-refractivity contribution in [3.63, 3.8) is 0 Å². The van der Waals surface area contributed by atoms with Crippen LogP contribution in [0.1, 0.15) is 18.1 Å². The summed E-state index contributed by atoms with van der Waals surface area (Å²) in [5.74, 6) is -0.101. The van der Waals surface area contributed by atoms with Gasteiger partial charge >= 0.3 is 12.2 Å². The third kappa shape index (κ3) is 2.81. The van der Waals surface area contributed by atoms with Gasteiger partial charge in [-0.05, 0) is 24.6 Å². The van der Waals surface area contributed by atoms with Crippen molar-refractivity contribution in [3.05, 3.63) is 35.4 Å². The van der Waals surface area contributed by atoms with Gasteiger partial charge < -0.3 is 14.7 Å². The molecule has 0 bridgehead atoms. The fourth-order valence-electron chi connectivity index (χ4n) is 3.36. The summed E-state index contributed by atoms with van der Waals surface area (Å²) in [7, 11) is 1.71. The molecule has 2 atom stereocenters. The number of alkyl halides is 3. The van der Waals surface area contributed by atoms with Crippen LogP contribution in [0, 0.1) is 0 Å². The fourth-order valence-corrected chi connectivity index (χ4v) is 3.36. The van der Waals surface area contributed by atoms with Crippen LogP contribution in [0.5, 0.6) is 0 Å². The molecule has 0 unspecified atom stereocenters. The zero-order valence-corrected chi connectivity index (χ0v) is 13.4. The zero-order valence-electron chi connectivity index (χ0n) is 13.4. The molecule has 0 spiro atoms. The molecule has 0 aliphatic carbocycles. The van der Waals surface area contributed by atoms with E-state index >= 15 is 0 Å². The minimum absolute atomic E-state index is 0.0790. The molecule has 3 rings (SSSR count). The lowest BCUT2D eigenvalue weighted by molar-refractivity contribution is -0.139. The summed E-state index contributed by atoms with van der Waals surface area (Å²) in [4.78, 5) is 29.3. The van der Waals surface area contributed by atoms with Crippen molar-refractivity contribution in [2.45, 2.75) is 31.7 Å². The maximum Gasteiger partial charge on any atom is 0.416 e. The Bertz CT molecular complexity index is 660. The highest BCUT2D eigenvalue weighted by Gasteiger charge is 2.46. The Morgan fingerprint density at radius 3 is 2.33 bits per heavy atom. The van der Waals surface area contributed by atoms with E-state index in [1.54, 1.807) is 28.7 Å². The third-order valence-electron chi connectivity index (χ3n) is 4.61. The van der Waals surface area contributed by atoms with Gasteiger partial charge in [0.15, 0.2) is 0 Å². The standard InChI is InChI=1S/C16H18F3N3O2/c1-10-14(23)20(2)8-13-9-21(15(24)22(10)13)7-11-3-5-12(6-4-11)16(17,18)19/h3-6,10,13H,7-9H2,1-2H3/t10-,13+/m0/s1. The summed E-state index contributed by atoms with van der Waals surface area (Å²) in [6.45, 7) is 2.86. The van der Waals surface area contributed by atoms with Crippen molar-refractivity contribution >= 4 is 11.9 Å². The van der Waals surface area contributed by atoms with Gasteiger partial charge in [-0.3, -0.25) is 4.79 Å². The Morgan fingerprint density at radius 1 is 1.12 bits per heavy atom. The molecule has 1 aromatic rings. The van der Waals surface area contributed by atoms with Crippen molar-refractivity contribution in [3.8, 4) is 0 Å². The van der Waals surface area contributed by atoms with Gasteiger partial charge in [0.1, 0.15) is 6.04 Å². The second-order valence-corrected chi connectivity index (χ2v) is 6.31. The molecule has 2 aliphatic heterocycles. The van der Waals surface area contributed by atoms with Gasteiger partial charge in [0.2, 0.25) is 5.91 Å². The Balaban J connectivity index is 1.73. The smallest absolute Gasteiger partial charge is 0.342 e. The number of benzene rings is 1. The first-order valence-corrected chi connectivity index (χ1v) is 7.67. The molecule has 0 aromatic heterocycles. The van der Waals surface area contributed by atoms with Crippen LogP contribution in [-0.2, 0) is 17.5 Å². The predicted molar refractivity (Wildman–Crippen MR) is 80.0 cm³/mol. The number of halogens is 3. The van der Waals surface area contributed by atoms with Crippen LogP contribution in [-0.4, -0.2) is 58.9 Å². The summed E-state index contributed by atoms with van der Waals surface area (Å²) in [6.07, 6.45) is -4.37. The number of carbonyl (C=O) groups excluding carboxylic acids is 2. The average molecular weight is 341 g/mol. The Hall–Kier alpha value is -2.25. The van der Waals surface area contributed by atoms with Gasteiger partial charge in [-0.15, -0.1) is 0 Å². The number of fused-ring (bicyclic) bond motifs is 1. The molecule has 0 radical (unpaired) electrons. The highest BCUT2D eigenvalue weighted by Crippen LogP contribution is 2.30. The summed E-state index contributed by atoms with van der Waals surface area (Å²) in [5, 5.41) is 0. The summed E-state index contributed by atoms with van der Waals surface area (Å²) >= 11 is 0. The number of amides is 3. The van der Waals surface area contributed by atoms with Crippen molar-refractivity contribution in [1.82, 2.24) is 14.7 Å². The quantitative estimate of drug-likeness (QED) is 0.828. The monoisotopic (exact) mass is 341 g/mol. The van der Waals surface area contributed by atoms with E-state index in [-0.39, 0.29) is 24.5 Å². The zero-order chi connectivity index (χ0) is 17.6. The minimum atomic E-state index is -4.37.